The highest BCUT2D eigenvalue weighted by atomic mass is 32.1. The monoisotopic (exact) mass is 292 g/mol. The molecule has 0 amide bonds. The molecule has 0 unspecified atom stereocenters. The Hall–Kier alpha value is -1.17. The van der Waals surface area contributed by atoms with Gasteiger partial charge in [0.15, 0.2) is 0 Å². The van der Waals surface area contributed by atoms with E-state index in [0.717, 1.165) is 42.9 Å². The number of aryl methyl sites for hydroxylation is 1. The predicted molar refractivity (Wildman–Crippen MR) is 82.6 cm³/mol. The first-order valence-electron chi connectivity index (χ1n) is 7.23. The molecule has 0 saturated carbocycles. The molecule has 1 aromatic carbocycles. The Kier molecular flexibility index (Phi) is 4.50. The van der Waals surface area contributed by atoms with Crippen LogP contribution in [0.1, 0.15) is 18.4 Å². The number of fused-ring (bicyclic) bond motifs is 1. The highest BCUT2D eigenvalue weighted by molar-refractivity contribution is 7.16. The number of rotatable bonds is 5. The van der Waals surface area contributed by atoms with Gasteiger partial charge in [0.25, 0.3) is 0 Å². The van der Waals surface area contributed by atoms with Gasteiger partial charge in [-0.2, -0.15) is 0 Å². The number of ether oxygens (including phenoxy) is 1. The summed E-state index contributed by atoms with van der Waals surface area (Å²) in [6, 6.07) is 6.29. The van der Waals surface area contributed by atoms with Crippen molar-refractivity contribution in [1.29, 1.82) is 0 Å². The first kappa shape index (κ1) is 13.8. The number of unbranched alkanes of at least 4 members (excludes halogenated alkanes) is 1. The van der Waals surface area contributed by atoms with Gasteiger partial charge < -0.3 is 9.72 Å². The summed E-state index contributed by atoms with van der Waals surface area (Å²) >= 11 is 1.30. The van der Waals surface area contributed by atoms with E-state index in [1.54, 1.807) is 0 Å². The summed E-state index contributed by atoms with van der Waals surface area (Å²) in [5.74, 6) is 0. The third kappa shape index (κ3) is 3.48. The Labute approximate surface area is 122 Å². The van der Waals surface area contributed by atoms with Gasteiger partial charge in [0, 0.05) is 13.1 Å². The van der Waals surface area contributed by atoms with E-state index < -0.39 is 0 Å². The summed E-state index contributed by atoms with van der Waals surface area (Å²) < 4.78 is 6.42. The molecule has 1 aliphatic heterocycles. The SMILES string of the molecule is O=c1[nH]c2ccc(CCCCN3CCOCC3)cc2s1. The maximum atomic E-state index is 11.3. The number of aromatic amines is 1. The van der Waals surface area contributed by atoms with E-state index in [4.69, 9.17) is 4.74 Å². The van der Waals surface area contributed by atoms with Crippen LogP contribution < -0.4 is 4.87 Å². The Bertz CT molecular complexity index is 614. The van der Waals surface area contributed by atoms with Gasteiger partial charge in [0.2, 0.25) is 0 Å². The molecule has 1 aliphatic rings. The lowest BCUT2D eigenvalue weighted by molar-refractivity contribution is 0.0372. The molecule has 2 heterocycles. The smallest absolute Gasteiger partial charge is 0.305 e. The van der Waals surface area contributed by atoms with E-state index in [1.807, 2.05) is 6.07 Å². The molecule has 1 fully saturated rings. The van der Waals surface area contributed by atoms with Gasteiger partial charge in [-0.15, -0.1) is 0 Å². The minimum atomic E-state index is 0.0319. The lowest BCUT2D eigenvalue weighted by Crippen LogP contribution is -2.36. The summed E-state index contributed by atoms with van der Waals surface area (Å²) in [6.07, 6.45) is 3.51. The lowest BCUT2D eigenvalue weighted by Gasteiger charge is -2.26. The quantitative estimate of drug-likeness (QED) is 0.860. The molecular formula is C15H20N2O2S. The first-order chi connectivity index (χ1) is 9.81. The zero-order valence-corrected chi connectivity index (χ0v) is 12.4. The van der Waals surface area contributed by atoms with Crippen LogP contribution in [0.25, 0.3) is 10.2 Å². The fourth-order valence-electron chi connectivity index (χ4n) is 2.63. The van der Waals surface area contributed by atoms with E-state index in [9.17, 15) is 4.79 Å². The number of aromatic nitrogens is 1. The van der Waals surface area contributed by atoms with Crippen LogP contribution in [0.15, 0.2) is 23.0 Å². The summed E-state index contributed by atoms with van der Waals surface area (Å²) in [7, 11) is 0. The molecule has 5 heteroatoms. The fourth-order valence-corrected chi connectivity index (χ4v) is 3.43. The number of hydrogen-bond acceptors (Lipinski definition) is 4. The number of thiazole rings is 1. The predicted octanol–water partition coefficient (Wildman–Crippen LogP) is 2.24. The van der Waals surface area contributed by atoms with Crippen molar-refractivity contribution in [3.05, 3.63) is 33.4 Å². The Morgan fingerprint density at radius 3 is 2.95 bits per heavy atom. The van der Waals surface area contributed by atoms with Crippen molar-refractivity contribution in [3.8, 4) is 0 Å². The normalized spacial score (nSPS) is 16.8. The van der Waals surface area contributed by atoms with Crippen molar-refractivity contribution in [1.82, 2.24) is 9.88 Å². The molecule has 0 aliphatic carbocycles. The third-order valence-electron chi connectivity index (χ3n) is 3.78. The second-order valence-corrected chi connectivity index (χ2v) is 6.27. The topological polar surface area (TPSA) is 45.3 Å². The molecule has 0 bridgehead atoms. The van der Waals surface area contributed by atoms with Crippen molar-refractivity contribution in [2.75, 3.05) is 32.8 Å². The van der Waals surface area contributed by atoms with Crippen molar-refractivity contribution >= 4 is 21.6 Å². The zero-order chi connectivity index (χ0) is 13.8. The lowest BCUT2D eigenvalue weighted by atomic mass is 10.1. The average molecular weight is 292 g/mol. The van der Waals surface area contributed by atoms with Gasteiger partial charge in [-0.3, -0.25) is 9.69 Å². The molecule has 0 spiro atoms. The molecule has 4 nitrogen and oxygen atoms in total. The first-order valence-corrected chi connectivity index (χ1v) is 8.05. The van der Waals surface area contributed by atoms with Crippen molar-refractivity contribution in [3.63, 3.8) is 0 Å². The molecule has 1 N–H and O–H groups in total. The molecule has 1 aromatic heterocycles. The number of hydrogen-bond donors (Lipinski definition) is 1. The zero-order valence-electron chi connectivity index (χ0n) is 11.6. The molecule has 0 radical (unpaired) electrons. The minimum absolute atomic E-state index is 0.0319. The van der Waals surface area contributed by atoms with Crippen LogP contribution in [0, 0.1) is 0 Å². The maximum Gasteiger partial charge on any atom is 0.305 e. The standard InChI is InChI=1S/C15H20N2O2S/c18-15-16-13-5-4-12(11-14(13)20-15)3-1-2-6-17-7-9-19-10-8-17/h4-5,11H,1-3,6-10H2,(H,16,18). The molecule has 3 rings (SSSR count). The van der Waals surface area contributed by atoms with Gasteiger partial charge >= 0.3 is 4.87 Å². The third-order valence-corrected chi connectivity index (χ3v) is 4.62. The molecule has 1 saturated heterocycles. The van der Waals surface area contributed by atoms with Gasteiger partial charge in [0.05, 0.1) is 23.4 Å². The molecular weight excluding hydrogens is 272 g/mol. The molecule has 0 atom stereocenters. The van der Waals surface area contributed by atoms with Crippen molar-refractivity contribution in [2.45, 2.75) is 19.3 Å². The van der Waals surface area contributed by atoms with Crippen molar-refractivity contribution < 1.29 is 4.74 Å². The number of nitrogens with zero attached hydrogens (tertiary/aromatic N) is 1. The number of H-pyrrole nitrogens is 1. The van der Waals surface area contributed by atoms with E-state index in [1.165, 1.54) is 36.3 Å². The second-order valence-electron chi connectivity index (χ2n) is 5.26. The highest BCUT2D eigenvalue weighted by Gasteiger charge is 2.09. The Morgan fingerprint density at radius 2 is 2.10 bits per heavy atom. The summed E-state index contributed by atoms with van der Waals surface area (Å²) in [6.45, 7) is 5.07. The second kappa shape index (κ2) is 6.52. The van der Waals surface area contributed by atoms with Crippen LogP contribution in [-0.2, 0) is 11.2 Å². The Morgan fingerprint density at radius 1 is 1.25 bits per heavy atom. The molecule has 108 valence electrons. The van der Waals surface area contributed by atoms with E-state index in [0.29, 0.717) is 0 Å². The van der Waals surface area contributed by atoms with E-state index >= 15 is 0 Å². The average Bonchev–Trinajstić information content (AvgIpc) is 2.84. The Balaban J connectivity index is 1.48. The van der Waals surface area contributed by atoms with Gasteiger partial charge in [-0.1, -0.05) is 17.4 Å². The van der Waals surface area contributed by atoms with Crippen LogP contribution in [0.5, 0.6) is 0 Å². The largest absolute Gasteiger partial charge is 0.379 e. The fraction of sp³-hybridized carbons (Fsp3) is 0.533. The minimum Gasteiger partial charge on any atom is -0.379 e. The van der Waals surface area contributed by atoms with Gasteiger partial charge in [-0.05, 0) is 43.5 Å². The molecule has 2 aromatic rings. The summed E-state index contributed by atoms with van der Waals surface area (Å²) in [5.41, 5.74) is 2.28. The van der Waals surface area contributed by atoms with Crippen LogP contribution in [-0.4, -0.2) is 42.7 Å². The number of morpholine rings is 1. The van der Waals surface area contributed by atoms with Crippen LogP contribution >= 0.6 is 11.3 Å². The number of nitrogens with one attached hydrogen (secondary N) is 1. The van der Waals surface area contributed by atoms with Gasteiger partial charge in [-0.25, -0.2) is 0 Å². The van der Waals surface area contributed by atoms with Crippen LogP contribution in [0.3, 0.4) is 0 Å². The van der Waals surface area contributed by atoms with Crippen LogP contribution in [0.4, 0.5) is 0 Å². The van der Waals surface area contributed by atoms with E-state index in [2.05, 4.69) is 22.0 Å². The van der Waals surface area contributed by atoms with Gasteiger partial charge in [0.1, 0.15) is 0 Å². The number of benzene rings is 1. The molecule has 20 heavy (non-hydrogen) atoms. The highest BCUT2D eigenvalue weighted by Crippen LogP contribution is 2.17. The van der Waals surface area contributed by atoms with Crippen molar-refractivity contribution in [2.24, 2.45) is 0 Å². The summed E-state index contributed by atoms with van der Waals surface area (Å²) in [5, 5.41) is 0. The maximum absolute atomic E-state index is 11.3. The van der Waals surface area contributed by atoms with E-state index in [-0.39, 0.29) is 4.87 Å². The van der Waals surface area contributed by atoms with Crippen LogP contribution in [0.2, 0.25) is 0 Å². The summed E-state index contributed by atoms with van der Waals surface area (Å²) in [4.78, 5) is 16.6.